The van der Waals surface area contributed by atoms with Gasteiger partial charge < -0.3 is 4.74 Å². The van der Waals surface area contributed by atoms with Crippen molar-refractivity contribution in [2.24, 2.45) is 0 Å². The minimum absolute atomic E-state index is 0.00268. The van der Waals surface area contributed by atoms with Gasteiger partial charge in [0.05, 0.1) is 16.4 Å². The van der Waals surface area contributed by atoms with Crippen molar-refractivity contribution >= 4 is 37.8 Å². The van der Waals surface area contributed by atoms with Crippen molar-refractivity contribution in [2.75, 3.05) is 7.11 Å². The van der Waals surface area contributed by atoms with Gasteiger partial charge in [0.15, 0.2) is 0 Å². The van der Waals surface area contributed by atoms with E-state index in [1.807, 2.05) is 0 Å². The first-order valence-corrected chi connectivity index (χ1v) is 5.29. The van der Waals surface area contributed by atoms with Crippen molar-refractivity contribution in [3.05, 3.63) is 29.6 Å². The molecule has 5 heteroatoms. The zero-order valence-corrected chi connectivity index (χ0v) is 10.0. The number of pyridine rings is 1. The van der Waals surface area contributed by atoms with E-state index in [2.05, 4.69) is 41.6 Å². The summed E-state index contributed by atoms with van der Waals surface area (Å²) in [6.07, 6.45) is 3.14. The lowest BCUT2D eigenvalue weighted by molar-refractivity contribution is 0.0600. The molecule has 70 valence electrons. The Bertz CT molecular complexity index is 315. The number of ether oxygens (including phenoxy) is 1. The first kappa shape index (κ1) is 10.7. The summed E-state index contributed by atoms with van der Waals surface area (Å²) in [6.45, 7) is 0. The van der Waals surface area contributed by atoms with Crippen LogP contribution in [-0.2, 0) is 4.74 Å². The molecular formula is C8H7Br2NO2. The number of halogens is 2. The molecule has 13 heavy (non-hydrogen) atoms. The summed E-state index contributed by atoms with van der Waals surface area (Å²) in [7, 11) is 1.34. The standard InChI is InChI=1S/C8H7Br2NO2/c1-13-8(12)6-2-5(7(9)10)3-11-4-6/h2-4,7H,1H3. The molecule has 3 nitrogen and oxygen atoms in total. The van der Waals surface area contributed by atoms with Gasteiger partial charge in [-0.15, -0.1) is 0 Å². The number of alkyl halides is 2. The van der Waals surface area contributed by atoms with Crippen molar-refractivity contribution in [1.29, 1.82) is 0 Å². The first-order valence-electron chi connectivity index (χ1n) is 3.46. The molecule has 0 aromatic carbocycles. The minimum Gasteiger partial charge on any atom is -0.465 e. The quantitative estimate of drug-likeness (QED) is 0.623. The van der Waals surface area contributed by atoms with Crippen molar-refractivity contribution < 1.29 is 9.53 Å². The molecule has 0 bridgehead atoms. The van der Waals surface area contributed by atoms with Gasteiger partial charge in [0.2, 0.25) is 0 Å². The monoisotopic (exact) mass is 307 g/mol. The molecule has 0 aliphatic carbocycles. The van der Waals surface area contributed by atoms with Crippen LogP contribution in [0.4, 0.5) is 0 Å². The molecule has 0 fully saturated rings. The largest absolute Gasteiger partial charge is 0.465 e. The normalized spacial score (nSPS) is 10.2. The Hall–Kier alpha value is -0.420. The van der Waals surface area contributed by atoms with Crippen molar-refractivity contribution in [1.82, 2.24) is 4.98 Å². The van der Waals surface area contributed by atoms with Gasteiger partial charge in [-0.1, -0.05) is 31.9 Å². The molecule has 0 amide bonds. The van der Waals surface area contributed by atoms with Gasteiger partial charge in [-0.3, -0.25) is 4.98 Å². The van der Waals surface area contributed by atoms with Crippen LogP contribution in [0.25, 0.3) is 0 Å². The summed E-state index contributed by atoms with van der Waals surface area (Å²) < 4.78 is 4.56. The molecule has 0 N–H and O–H groups in total. The maximum absolute atomic E-state index is 11.1. The molecule has 0 unspecified atom stereocenters. The smallest absolute Gasteiger partial charge is 0.339 e. The van der Waals surface area contributed by atoms with E-state index >= 15 is 0 Å². The third kappa shape index (κ3) is 2.77. The number of methoxy groups -OCH3 is 1. The molecule has 0 saturated carbocycles. The van der Waals surface area contributed by atoms with Gasteiger partial charge in [0.25, 0.3) is 0 Å². The summed E-state index contributed by atoms with van der Waals surface area (Å²) >= 11 is 6.62. The second kappa shape index (κ2) is 4.72. The van der Waals surface area contributed by atoms with Gasteiger partial charge >= 0.3 is 5.97 Å². The molecule has 0 atom stereocenters. The van der Waals surface area contributed by atoms with Crippen LogP contribution in [0, 0.1) is 0 Å². The highest BCUT2D eigenvalue weighted by molar-refractivity contribution is 9.24. The van der Waals surface area contributed by atoms with Crippen molar-refractivity contribution in [3.63, 3.8) is 0 Å². The second-order valence-corrected chi connectivity index (χ2v) is 5.36. The van der Waals surface area contributed by atoms with E-state index in [9.17, 15) is 4.79 Å². The van der Waals surface area contributed by atoms with Gasteiger partial charge in [-0.25, -0.2) is 4.79 Å². The fraction of sp³-hybridized carbons (Fsp3) is 0.250. The van der Waals surface area contributed by atoms with Crippen LogP contribution in [0.5, 0.6) is 0 Å². The number of aromatic nitrogens is 1. The van der Waals surface area contributed by atoms with Gasteiger partial charge in [-0.05, 0) is 11.6 Å². The minimum atomic E-state index is -0.380. The highest BCUT2D eigenvalue weighted by atomic mass is 79.9. The van der Waals surface area contributed by atoms with E-state index < -0.39 is 0 Å². The Morgan fingerprint density at radius 1 is 1.54 bits per heavy atom. The van der Waals surface area contributed by atoms with E-state index in [-0.39, 0.29) is 9.71 Å². The maximum Gasteiger partial charge on any atom is 0.339 e. The molecule has 0 radical (unpaired) electrons. The van der Waals surface area contributed by atoms with Crippen LogP contribution < -0.4 is 0 Å². The number of hydrogen-bond acceptors (Lipinski definition) is 3. The molecule has 0 aliphatic rings. The Labute approximate surface area is 92.8 Å². The molecule has 1 heterocycles. The zero-order valence-electron chi connectivity index (χ0n) is 6.83. The van der Waals surface area contributed by atoms with Gasteiger partial charge in [0.1, 0.15) is 0 Å². The topological polar surface area (TPSA) is 39.2 Å². The van der Waals surface area contributed by atoms with E-state index in [4.69, 9.17) is 0 Å². The molecule has 0 spiro atoms. The van der Waals surface area contributed by atoms with Crippen LogP contribution in [0.15, 0.2) is 18.5 Å². The van der Waals surface area contributed by atoms with E-state index in [1.165, 1.54) is 13.3 Å². The van der Waals surface area contributed by atoms with Crippen LogP contribution in [-0.4, -0.2) is 18.1 Å². The molecular weight excluding hydrogens is 302 g/mol. The lowest BCUT2D eigenvalue weighted by Gasteiger charge is -2.03. The summed E-state index contributed by atoms with van der Waals surface area (Å²) in [5, 5.41) is 0. The number of carbonyl (C=O) groups excluding carboxylic acids is 1. The summed E-state index contributed by atoms with van der Waals surface area (Å²) in [4.78, 5) is 15.0. The second-order valence-electron chi connectivity index (χ2n) is 2.30. The Morgan fingerprint density at radius 2 is 2.23 bits per heavy atom. The maximum atomic E-state index is 11.1. The highest BCUT2D eigenvalue weighted by Gasteiger charge is 2.09. The number of carbonyl (C=O) groups is 1. The Kier molecular flexibility index (Phi) is 3.87. The Balaban J connectivity index is 2.98. The molecule has 1 aromatic heterocycles. The summed E-state index contributed by atoms with van der Waals surface area (Å²) in [5.41, 5.74) is 1.33. The van der Waals surface area contributed by atoms with E-state index in [0.29, 0.717) is 5.56 Å². The summed E-state index contributed by atoms with van der Waals surface area (Å²) in [6, 6.07) is 1.72. The Morgan fingerprint density at radius 3 is 2.77 bits per heavy atom. The van der Waals surface area contributed by atoms with Crippen LogP contribution >= 0.6 is 31.9 Å². The zero-order chi connectivity index (χ0) is 9.84. The van der Waals surface area contributed by atoms with Gasteiger partial charge in [-0.2, -0.15) is 0 Å². The third-order valence-corrected chi connectivity index (χ3v) is 2.49. The third-order valence-electron chi connectivity index (χ3n) is 1.43. The number of esters is 1. The van der Waals surface area contributed by atoms with Crippen LogP contribution in [0.2, 0.25) is 0 Å². The average Bonchev–Trinajstić information content (AvgIpc) is 2.17. The van der Waals surface area contributed by atoms with Gasteiger partial charge in [0, 0.05) is 12.4 Å². The highest BCUT2D eigenvalue weighted by Crippen LogP contribution is 2.28. The number of hydrogen-bond donors (Lipinski definition) is 0. The summed E-state index contributed by atoms with van der Waals surface area (Å²) in [5.74, 6) is -0.380. The number of rotatable bonds is 2. The fourth-order valence-corrected chi connectivity index (χ4v) is 1.31. The average molecular weight is 309 g/mol. The SMILES string of the molecule is COC(=O)c1cncc(C(Br)Br)c1. The molecule has 1 aromatic rings. The molecule has 1 rings (SSSR count). The molecule has 0 saturated heterocycles. The predicted molar refractivity (Wildman–Crippen MR) is 56.2 cm³/mol. The fourth-order valence-electron chi connectivity index (χ4n) is 0.807. The van der Waals surface area contributed by atoms with Crippen molar-refractivity contribution in [2.45, 2.75) is 3.74 Å². The van der Waals surface area contributed by atoms with E-state index in [1.54, 1.807) is 12.3 Å². The van der Waals surface area contributed by atoms with Crippen LogP contribution in [0.1, 0.15) is 19.7 Å². The lowest BCUT2D eigenvalue weighted by Crippen LogP contribution is -2.02. The van der Waals surface area contributed by atoms with Crippen LogP contribution in [0.3, 0.4) is 0 Å². The van der Waals surface area contributed by atoms with Crippen molar-refractivity contribution in [3.8, 4) is 0 Å². The van der Waals surface area contributed by atoms with E-state index in [0.717, 1.165) is 5.56 Å². The number of nitrogens with zero attached hydrogens (tertiary/aromatic N) is 1. The lowest BCUT2D eigenvalue weighted by atomic mass is 10.2. The predicted octanol–water partition coefficient (Wildman–Crippen LogP) is 2.66. The first-order chi connectivity index (χ1) is 6.15. The molecule has 0 aliphatic heterocycles.